The molecule has 0 unspecified atom stereocenters. The fourth-order valence-corrected chi connectivity index (χ4v) is 1.83. The Labute approximate surface area is 116 Å². The lowest BCUT2D eigenvalue weighted by Crippen LogP contribution is -2.35. The van der Waals surface area contributed by atoms with Gasteiger partial charge in [0, 0.05) is 0 Å². The van der Waals surface area contributed by atoms with Crippen molar-refractivity contribution in [1.29, 1.82) is 0 Å². The second kappa shape index (κ2) is 6.52. The minimum Gasteiger partial charge on any atom is -0.549 e. The number of esters is 1. The van der Waals surface area contributed by atoms with E-state index in [0.29, 0.717) is 5.56 Å². The summed E-state index contributed by atoms with van der Waals surface area (Å²) in [4.78, 5) is 23.1. The standard InChI is InChI=1S/C16H14O4/c17-15(18)14(13-9-5-2-6-10-13)16(19)20-11-12-7-3-1-4-8-12/h1-10,14H,11H2,(H,17,18)/p-1/t14-/m0/s1. The molecule has 0 aliphatic heterocycles. The lowest BCUT2D eigenvalue weighted by atomic mass is 10.00. The first-order valence-corrected chi connectivity index (χ1v) is 6.15. The highest BCUT2D eigenvalue weighted by molar-refractivity contribution is 5.99. The van der Waals surface area contributed by atoms with E-state index in [1.807, 2.05) is 18.2 Å². The molecule has 4 heteroatoms. The number of hydrogen-bond acceptors (Lipinski definition) is 4. The van der Waals surface area contributed by atoms with E-state index in [4.69, 9.17) is 4.74 Å². The highest BCUT2D eigenvalue weighted by Crippen LogP contribution is 2.17. The Hall–Kier alpha value is -2.62. The average molecular weight is 269 g/mol. The summed E-state index contributed by atoms with van der Waals surface area (Å²) >= 11 is 0. The Morgan fingerprint density at radius 1 is 0.950 bits per heavy atom. The van der Waals surface area contributed by atoms with Crippen LogP contribution in [0.5, 0.6) is 0 Å². The molecule has 2 aromatic rings. The Balaban J connectivity index is 2.07. The zero-order valence-electron chi connectivity index (χ0n) is 10.7. The van der Waals surface area contributed by atoms with Crippen molar-refractivity contribution in [3.8, 4) is 0 Å². The fourth-order valence-electron chi connectivity index (χ4n) is 1.83. The van der Waals surface area contributed by atoms with Gasteiger partial charge in [0.25, 0.3) is 0 Å². The molecule has 0 saturated heterocycles. The smallest absolute Gasteiger partial charge is 0.319 e. The highest BCUT2D eigenvalue weighted by Gasteiger charge is 2.23. The van der Waals surface area contributed by atoms with Crippen LogP contribution in [0, 0.1) is 0 Å². The summed E-state index contributed by atoms with van der Waals surface area (Å²) < 4.78 is 5.05. The third kappa shape index (κ3) is 3.45. The Bertz CT molecular complexity index is 578. The zero-order chi connectivity index (χ0) is 14.4. The summed E-state index contributed by atoms with van der Waals surface area (Å²) in [7, 11) is 0. The zero-order valence-corrected chi connectivity index (χ0v) is 10.7. The molecule has 0 fully saturated rings. The van der Waals surface area contributed by atoms with E-state index in [1.54, 1.807) is 42.5 Å². The number of carboxylic acids is 1. The summed E-state index contributed by atoms with van der Waals surface area (Å²) in [5.74, 6) is -3.69. The van der Waals surface area contributed by atoms with Gasteiger partial charge in [-0.2, -0.15) is 0 Å². The number of benzene rings is 2. The number of carbonyl (C=O) groups is 2. The second-order valence-corrected chi connectivity index (χ2v) is 4.26. The Morgan fingerprint density at radius 2 is 1.50 bits per heavy atom. The van der Waals surface area contributed by atoms with Gasteiger partial charge in [-0.15, -0.1) is 0 Å². The van der Waals surface area contributed by atoms with E-state index in [2.05, 4.69) is 0 Å². The molecule has 0 heterocycles. The number of carboxylic acid groups (broad SMARTS) is 1. The number of carbonyl (C=O) groups excluding carboxylic acids is 2. The van der Waals surface area contributed by atoms with Crippen molar-refractivity contribution in [2.75, 3.05) is 0 Å². The molecule has 0 N–H and O–H groups in total. The molecule has 0 spiro atoms. The summed E-state index contributed by atoms with van der Waals surface area (Å²) in [5.41, 5.74) is 1.15. The van der Waals surface area contributed by atoms with Crippen LogP contribution in [-0.2, 0) is 20.9 Å². The van der Waals surface area contributed by atoms with Crippen LogP contribution >= 0.6 is 0 Å². The maximum absolute atomic E-state index is 11.9. The minimum atomic E-state index is -1.46. The molecule has 2 rings (SSSR count). The molecule has 0 saturated carbocycles. The molecule has 0 bridgehead atoms. The maximum Gasteiger partial charge on any atom is 0.319 e. The molecule has 20 heavy (non-hydrogen) atoms. The van der Waals surface area contributed by atoms with Crippen molar-refractivity contribution >= 4 is 11.9 Å². The summed E-state index contributed by atoms with van der Waals surface area (Å²) in [6.07, 6.45) is 0. The molecule has 0 amide bonds. The highest BCUT2D eigenvalue weighted by atomic mass is 16.5. The van der Waals surface area contributed by atoms with Gasteiger partial charge >= 0.3 is 5.97 Å². The van der Waals surface area contributed by atoms with Gasteiger partial charge in [0.15, 0.2) is 0 Å². The van der Waals surface area contributed by atoms with Crippen molar-refractivity contribution < 1.29 is 19.4 Å². The number of rotatable bonds is 5. The number of ether oxygens (including phenoxy) is 1. The average Bonchev–Trinajstić information content (AvgIpc) is 2.47. The van der Waals surface area contributed by atoms with Gasteiger partial charge in [-0.1, -0.05) is 60.7 Å². The van der Waals surface area contributed by atoms with Crippen LogP contribution in [0.15, 0.2) is 60.7 Å². The van der Waals surface area contributed by atoms with Gasteiger partial charge in [-0.25, -0.2) is 0 Å². The van der Waals surface area contributed by atoms with E-state index in [9.17, 15) is 14.7 Å². The van der Waals surface area contributed by atoms with Gasteiger partial charge in [0.2, 0.25) is 0 Å². The van der Waals surface area contributed by atoms with E-state index in [1.165, 1.54) is 0 Å². The molecule has 0 aliphatic rings. The van der Waals surface area contributed by atoms with Crippen molar-refractivity contribution in [2.24, 2.45) is 0 Å². The van der Waals surface area contributed by atoms with Crippen LogP contribution in [-0.4, -0.2) is 11.9 Å². The summed E-state index contributed by atoms with van der Waals surface area (Å²) in [6.45, 7) is 0.0380. The van der Waals surface area contributed by atoms with Crippen molar-refractivity contribution in [3.05, 3.63) is 71.8 Å². The molecular weight excluding hydrogens is 256 g/mol. The predicted octanol–water partition coefficient (Wildman–Crippen LogP) is 1.26. The molecular formula is C16H13O4-. The normalized spacial score (nSPS) is 11.6. The third-order valence-electron chi connectivity index (χ3n) is 2.83. The van der Waals surface area contributed by atoms with Crippen molar-refractivity contribution in [3.63, 3.8) is 0 Å². The quantitative estimate of drug-likeness (QED) is 0.605. The Morgan fingerprint density at radius 3 is 2.05 bits per heavy atom. The van der Waals surface area contributed by atoms with Gasteiger partial charge < -0.3 is 14.6 Å². The minimum absolute atomic E-state index is 0.0380. The van der Waals surface area contributed by atoms with Crippen LogP contribution in [0.2, 0.25) is 0 Å². The van der Waals surface area contributed by atoms with Gasteiger partial charge in [0.1, 0.15) is 12.5 Å². The molecule has 0 radical (unpaired) electrons. The van der Waals surface area contributed by atoms with Gasteiger partial charge in [0.05, 0.1) is 5.97 Å². The van der Waals surface area contributed by atoms with Gasteiger partial charge in [-0.05, 0) is 11.1 Å². The third-order valence-corrected chi connectivity index (χ3v) is 2.83. The maximum atomic E-state index is 11.9. The van der Waals surface area contributed by atoms with E-state index < -0.39 is 17.9 Å². The molecule has 0 aliphatic carbocycles. The lowest BCUT2D eigenvalue weighted by molar-refractivity contribution is -0.307. The second-order valence-electron chi connectivity index (χ2n) is 4.26. The van der Waals surface area contributed by atoms with Crippen LogP contribution < -0.4 is 5.11 Å². The van der Waals surface area contributed by atoms with Crippen LogP contribution in [0.3, 0.4) is 0 Å². The summed E-state index contributed by atoms with van der Waals surface area (Å²) in [6, 6.07) is 17.3. The summed E-state index contributed by atoms with van der Waals surface area (Å²) in [5, 5.41) is 11.1. The predicted molar refractivity (Wildman–Crippen MR) is 70.4 cm³/mol. The fraction of sp³-hybridized carbons (Fsp3) is 0.125. The molecule has 1 atom stereocenters. The molecule has 102 valence electrons. The topological polar surface area (TPSA) is 66.4 Å². The van der Waals surface area contributed by atoms with Crippen molar-refractivity contribution in [1.82, 2.24) is 0 Å². The SMILES string of the molecule is O=C([O-])[C@@H](C(=O)OCc1ccccc1)c1ccccc1. The molecule has 0 aromatic heterocycles. The van der Waals surface area contributed by atoms with Crippen LogP contribution in [0.4, 0.5) is 0 Å². The number of hydrogen-bond donors (Lipinski definition) is 0. The molecule has 4 nitrogen and oxygen atoms in total. The van der Waals surface area contributed by atoms with Gasteiger partial charge in [-0.3, -0.25) is 4.79 Å². The first kappa shape index (κ1) is 13.8. The van der Waals surface area contributed by atoms with Crippen LogP contribution in [0.1, 0.15) is 17.0 Å². The largest absolute Gasteiger partial charge is 0.549 e. The Kier molecular flexibility index (Phi) is 4.50. The lowest BCUT2D eigenvalue weighted by Gasteiger charge is -2.17. The molecule has 2 aromatic carbocycles. The van der Waals surface area contributed by atoms with E-state index in [0.717, 1.165) is 5.56 Å². The monoisotopic (exact) mass is 269 g/mol. The number of aliphatic carboxylic acids is 1. The van der Waals surface area contributed by atoms with E-state index in [-0.39, 0.29) is 6.61 Å². The van der Waals surface area contributed by atoms with Crippen LogP contribution in [0.25, 0.3) is 0 Å². The first-order chi connectivity index (χ1) is 9.68. The van der Waals surface area contributed by atoms with E-state index >= 15 is 0 Å². The van der Waals surface area contributed by atoms with Crippen molar-refractivity contribution in [2.45, 2.75) is 12.5 Å². The first-order valence-electron chi connectivity index (χ1n) is 6.15.